The number of piperidine rings is 1. The molecule has 2 saturated carbocycles. The average molecular weight is 652 g/mol. The highest BCUT2D eigenvalue weighted by Gasteiger charge is 2.70. The van der Waals surface area contributed by atoms with Gasteiger partial charge in [0, 0.05) is 25.5 Å². The van der Waals surface area contributed by atoms with Crippen LogP contribution in [0.2, 0.25) is 0 Å². The number of likely N-dealkylation sites (tertiary alicyclic amines) is 1. The Balaban J connectivity index is 1.55. The molecule has 6 atom stereocenters. The number of hydrogen-bond donors (Lipinski definition) is 4. The van der Waals surface area contributed by atoms with E-state index in [1.807, 2.05) is 34.6 Å². The minimum absolute atomic E-state index is 0.0571. The largest absolute Gasteiger partial charge is 0.346 e. The van der Waals surface area contributed by atoms with Crippen LogP contribution in [-0.2, 0) is 24.0 Å². The van der Waals surface area contributed by atoms with Crippen molar-refractivity contribution in [2.75, 3.05) is 13.1 Å². The molecule has 5 amide bonds. The number of ketones is 1. The Bertz CT molecular complexity index is 1380. The van der Waals surface area contributed by atoms with E-state index < -0.39 is 64.9 Å². The monoisotopic (exact) mass is 651 g/mol. The number of Topliss-reactive ketones (excluding diaryl/α,β-unsaturated/α-hetero) is 1. The number of carbonyl (C=O) groups is 6. The fourth-order valence-electron chi connectivity index (χ4n) is 7.17. The van der Waals surface area contributed by atoms with Crippen LogP contribution in [0.15, 0.2) is 31.2 Å². The first-order valence-electron chi connectivity index (χ1n) is 16.5. The molecule has 13 heteroatoms. The van der Waals surface area contributed by atoms with E-state index in [2.05, 4.69) is 37.8 Å². The Hall–Kier alpha value is -4.16. The molecule has 3 fully saturated rings. The molecule has 4 rings (SSSR count). The van der Waals surface area contributed by atoms with Gasteiger partial charge in [0.1, 0.15) is 23.8 Å². The van der Waals surface area contributed by atoms with Crippen LogP contribution in [0.25, 0.3) is 0 Å². The molecule has 1 aliphatic heterocycles. The molecule has 0 radical (unpaired) electrons. The smallest absolute Gasteiger partial charge is 0.289 e. The first-order valence-corrected chi connectivity index (χ1v) is 16.5. The van der Waals surface area contributed by atoms with Gasteiger partial charge < -0.3 is 26.2 Å². The minimum Gasteiger partial charge on any atom is -0.346 e. The van der Waals surface area contributed by atoms with Gasteiger partial charge in [0.15, 0.2) is 0 Å². The second kappa shape index (κ2) is 14.3. The van der Waals surface area contributed by atoms with Crippen molar-refractivity contribution in [3.8, 4) is 0 Å². The van der Waals surface area contributed by atoms with E-state index in [9.17, 15) is 28.8 Å². The normalized spacial score (nSPS) is 23.7. The molecular formula is C34H49N7O6. The van der Waals surface area contributed by atoms with E-state index in [-0.39, 0.29) is 35.4 Å². The SMILES string of the molecule is C=CCNC(=O)C(=O)[C@H](C)NC(=O)[C@@H]1[C@@H]2[C@H](CN1C(=O)[C@@H](NC(=O)[C@@H](NC(=O)c1cnccn1)C1CCCCC1)C(C)(C)C)C2(C)C. The van der Waals surface area contributed by atoms with Crippen LogP contribution >= 0.6 is 0 Å². The quantitative estimate of drug-likeness (QED) is 0.194. The average Bonchev–Trinajstić information content (AvgIpc) is 3.35. The molecule has 0 unspecified atom stereocenters. The van der Waals surface area contributed by atoms with E-state index in [4.69, 9.17) is 0 Å². The molecule has 1 aromatic rings. The summed E-state index contributed by atoms with van der Waals surface area (Å²) in [6, 6.07) is -3.92. The van der Waals surface area contributed by atoms with Crippen LogP contribution in [0.1, 0.15) is 84.1 Å². The Labute approximate surface area is 276 Å². The van der Waals surface area contributed by atoms with E-state index in [0.717, 1.165) is 32.1 Å². The van der Waals surface area contributed by atoms with Crippen molar-refractivity contribution in [1.82, 2.24) is 36.1 Å². The summed E-state index contributed by atoms with van der Waals surface area (Å²) in [5, 5.41) is 10.9. The third-order valence-corrected chi connectivity index (χ3v) is 10.0. The minimum atomic E-state index is -1.11. The molecule has 0 aromatic carbocycles. The van der Waals surface area contributed by atoms with Crippen LogP contribution in [0.5, 0.6) is 0 Å². The van der Waals surface area contributed by atoms with Gasteiger partial charge in [-0.05, 0) is 48.3 Å². The number of hydrogen-bond acceptors (Lipinski definition) is 8. The zero-order chi connectivity index (χ0) is 34.7. The van der Waals surface area contributed by atoms with Crippen molar-refractivity contribution in [3.63, 3.8) is 0 Å². The van der Waals surface area contributed by atoms with Crippen molar-refractivity contribution >= 4 is 35.3 Å². The van der Waals surface area contributed by atoms with Gasteiger partial charge in [-0.1, -0.05) is 60.0 Å². The summed E-state index contributed by atoms with van der Waals surface area (Å²) >= 11 is 0. The molecule has 0 bridgehead atoms. The topological polar surface area (TPSA) is 180 Å². The zero-order valence-corrected chi connectivity index (χ0v) is 28.3. The standard InChI is InChI=1S/C34H49N7O6/c1-8-14-37-31(46)26(42)19(2)38-30(45)25-23-21(34(23,6)7)18-41(25)32(47)27(33(3,4)5)40-29(44)24(20-12-10-9-11-13-20)39-28(43)22-17-35-15-16-36-22/h8,15-17,19-21,23-25,27H,1,9-14,18H2,2-7H3,(H,37,46)(H,38,45)(H,39,43)(H,40,44)/t19-,21-,23-,24-,25-,27+/m0/s1. The summed E-state index contributed by atoms with van der Waals surface area (Å²) in [5.74, 6) is -3.80. The number of nitrogens with zero attached hydrogens (tertiary/aromatic N) is 3. The van der Waals surface area contributed by atoms with Crippen LogP contribution < -0.4 is 21.3 Å². The highest BCUT2D eigenvalue weighted by molar-refractivity contribution is 6.38. The van der Waals surface area contributed by atoms with Crippen molar-refractivity contribution in [2.24, 2.45) is 28.6 Å². The number of nitrogens with one attached hydrogen (secondary N) is 4. The van der Waals surface area contributed by atoms with E-state index in [0.29, 0.717) is 6.54 Å². The van der Waals surface area contributed by atoms with Gasteiger partial charge in [0.25, 0.3) is 11.8 Å². The Kier molecular flexibility index (Phi) is 10.9. The molecule has 47 heavy (non-hydrogen) atoms. The number of rotatable bonds is 12. The van der Waals surface area contributed by atoms with Crippen LogP contribution in [0, 0.1) is 28.6 Å². The van der Waals surface area contributed by atoms with Crippen molar-refractivity contribution in [3.05, 3.63) is 36.9 Å². The second-order valence-corrected chi connectivity index (χ2v) is 14.7. The molecule has 1 saturated heterocycles. The van der Waals surface area contributed by atoms with Gasteiger partial charge in [-0.25, -0.2) is 4.98 Å². The Morgan fingerprint density at radius 1 is 1.04 bits per heavy atom. The molecule has 4 N–H and O–H groups in total. The van der Waals surface area contributed by atoms with Crippen molar-refractivity contribution in [2.45, 2.75) is 97.8 Å². The number of carbonyl (C=O) groups excluding carboxylic acids is 6. The lowest BCUT2D eigenvalue weighted by molar-refractivity contribution is -0.146. The van der Waals surface area contributed by atoms with Gasteiger partial charge in [-0.15, -0.1) is 6.58 Å². The predicted octanol–water partition coefficient (Wildman–Crippen LogP) is 1.55. The molecule has 1 aromatic heterocycles. The zero-order valence-electron chi connectivity index (χ0n) is 28.3. The molecule has 13 nitrogen and oxygen atoms in total. The van der Waals surface area contributed by atoms with Gasteiger partial charge in [0.2, 0.25) is 23.5 Å². The third kappa shape index (κ3) is 7.87. The van der Waals surface area contributed by atoms with Crippen LogP contribution in [0.3, 0.4) is 0 Å². The van der Waals surface area contributed by atoms with Crippen LogP contribution in [0.4, 0.5) is 0 Å². The fraction of sp³-hybridized carbons (Fsp3) is 0.647. The molecule has 2 aliphatic carbocycles. The van der Waals surface area contributed by atoms with Crippen LogP contribution in [-0.4, -0.2) is 87.4 Å². The summed E-state index contributed by atoms with van der Waals surface area (Å²) in [7, 11) is 0. The van der Waals surface area contributed by atoms with Crippen molar-refractivity contribution < 1.29 is 28.8 Å². The number of fused-ring (bicyclic) bond motifs is 1. The second-order valence-electron chi connectivity index (χ2n) is 14.7. The van der Waals surface area contributed by atoms with Gasteiger partial charge in [-0.3, -0.25) is 33.8 Å². The fourth-order valence-corrected chi connectivity index (χ4v) is 7.17. The predicted molar refractivity (Wildman–Crippen MR) is 173 cm³/mol. The van der Waals surface area contributed by atoms with Crippen molar-refractivity contribution in [1.29, 1.82) is 0 Å². The third-order valence-electron chi connectivity index (χ3n) is 10.0. The lowest BCUT2D eigenvalue weighted by atomic mass is 9.82. The highest BCUT2D eigenvalue weighted by atomic mass is 16.2. The first-order chi connectivity index (χ1) is 22.1. The van der Waals surface area contributed by atoms with Gasteiger partial charge >= 0.3 is 0 Å². The van der Waals surface area contributed by atoms with Gasteiger partial charge in [-0.2, -0.15) is 0 Å². The van der Waals surface area contributed by atoms with Gasteiger partial charge in [0.05, 0.1) is 12.2 Å². The first kappa shape index (κ1) is 35.7. The number of aromatic nitrogens is 2. The molecule has 3 aliphatic rings. The summed E-state index contributed by atoms with van der Waals surface area (Å²) < 4.78 is 0. The Morgan fingerprint density at radius 3 is 2.32 bits per heavy atom. The lowest BCUT2D eigenvalue weighted by Gasteiger charge is -2.39. The summed E-state index contributed by atoms with van der Waals surface area (Å²) in [6.07, 6.45) is 10.0. The lowest BCUT2D eigenvalue weighted by Crippen LogP contribution is -2.62. The summed E-state index contributed by atoms with van der Waals surface area (Å²) in [6.45, 7) is 15.0. The van der Waals surface area contributed by atoms with E-state index in [1.165, 1.54) is 36.5 Å². The Morgan fingerprint density at radius 2 is 1.72 bits per heavy atom. The molecule has 2 heterocycles. The number of amides is 5. The maximum Gasteiger partial charge on any atom is 0.289 e. The maximum atomic E-state index is 14.4. The molecular weight excluding hydrogens is 602 g/mol. The maximum absolute atomic E-state index is 14.4. The highest BCUT2D eigenvalue weighted by Crippen LogP contribution is 2.65. The summed E-state index contributed by atoms with van der Waals surface area (Å²) in [4.78, 5) is 89.7. The molecule has 256 valence electrons. The van der Waals surface area contributed by atoms with E-state index in [1.54, 1.807) is 0 Å². The molecule has 0 spiro atoms. The van der Waals surface area contributed by atoms with E-state index >= 15 is 0 Å². The summed E-state index contributed by atoms with van der Waals surface area (Å²) in [5.41, 5.74) is -0.873.